The number of ether oxygens (including phenoxy) is 1. The molecule has 0 saturated carbocycles. The molecule has 104 valence electrons. The zero-order valence-electron chi connectivity index (χ0n) is 10.7. The minimum absolute atomic E-state index is 0.0161. The van der Waals surface area contributed by atoms with Crippen LogP contribution in [0.5, 0.6) is 0 Å². The molecule has 1 rings (SSSR count). The third kappa shape index (κ3) is 5.66. The van der Waals surface area contributed by atoms with Crippen LogP contribution >= 0.6 is 0 Å². The van der Waals surface area contributed by atoms with Crippen LogP contribution in [0, 0.1) is 0 Å². The minimum Gasteiger partial charge on any atom is -0.448 e. The van der Waals surface area contributed by atoms with Crippen molar-refractivity contribution in [2.24, 2.45) is 5.73 Å². The lowest BCUT2D eigenvalue weighted by atomic mass is 10.4. The Bertz CT molecular complexity index is 438. The van der Waals surface area contributed by atoms with Crippen LogP contribution in [0.15, 0.2) is 12.4 Å². The molecular formula is C11H17N5O3. The van der Waals surface area contributed by atoms with Gasteiger partial charge in [-0.2, -0.15) is 0 Å². The molecule has 0 bridgehead atoms. The summed E-state index contributed by atoms with van der Waals surface area (Å²) in [6.45, 7) is 2.96. The van der Waals surface area contributed by atoms with Crippen LogP contribution in [0.3, 0.4) is 0 Å². The number of rotatable bonds is 7. The molecule has 4 N–H and O–H groups in total. The standard InChI is InChI=1S/C11H17N5O3/c1-2-3-14-9-7-13-6-8(16-9)10(17)15-4-5-19-11(12)18/h6-7H,2-5H2,1H3,(H2,12,18)(H,14,16)(H,15,17). The monoisotopic (exact) mass is 267 g/mol. The Morgan fingerprint density at radius 1 is 1.37 bits per heavy atom. The molecule has 8 heteroatoms. The van der Waals surface area contributed by atoms with Crippen molar-refractivity contribution >= 4 is 17.8 Å². The molecule has 0 saturated heterocycles. The fraction of sp³-hybridized carbons (Fsp3) is 0.455. The molecule has 0 aromatic carbocycles. The predicted molar refractivity (Wildman–Crippen MR) is 68.7 cm³/mol. The van der Waals surface area contributed by atoms with E-state index in [9.17, 15) is 9.59 Å². The minimum atomic E-state index is -0.875. The van der Waals surface area contributed by atoms with Crippen molar-refractivity contribution in [3.05, 3.63) is 18.1 Å². The summed E-state index contributed by atoms with van der Waals surface area (Å²) >= 11 is 0. The predicted octanol–water partition coefficient (Wildman–Crippen LogP) is 0.124. The van der Waals surface area contributed by atoms with E-state index in [1.54, 1.807) is 6.20 Å². The van der Waals surface area contributed by atoms with Crippen LogP contribution < -0.4 is 16.4 Å². The van der Waals surface area contributed by atoms with E-state index < -0.39 is 6.09 Å². The number of carbonyl (C=O) groups is 2. The normalized spacial score (nSPS) is 9.74. The first-order valence-corrected chi connectivity index (χ1v) is 5.89. The van der Waals surface area contributed by atoms with E-state index >= 15 is 0 Å². The van der Waals surface area contributed by atoms with Gasteiger partial charge in [0.2, 0.25) is 0 Å². The van der Waals surface area contributed by atoms with Gasteiger partial charge in [0.1, 0.15) is 18.1 Å². The molecular weight excluding hydrogens is 250 g/mol. The summed E-state index contributed by atoms with van der Waals surface area (Å²) < 4.78 is 4.48. The molecule has 0 spiro atoms. The highest BCUT2D eigenvalue weighted by molar-refractivity contribution is 5.92. The molecule has 19 heavy (non-hydrogen) atoms. The Morgan fingerprint density at radius 3 is 2.84 bits per heavy atom. The van der Waals surface area contributed by atoms with Gasteiger partial charge < -0.3 is 21.1 Å². The molecule has 0 radical (unpaired) electrons. The van der Waals surface area contributed by atoms with Gasteiger partial charge in [-0.05, 0) is 6.42 Å². The highest BCUT2D eigenvalue weighted by Gasteiger charge is 2.08. The number of nitrogens with one attached hydrogen (secondary N) is 2. The lowest BCUT2D eigenvalue weighted by Gasteiger charge is -2.06. The van der Waals surface area contributed by atoms with Crippen molar-refractivity contribution in [1.29, 1.82) is 0 Å². The third-order valence-electron chi connectivity index (χ3n) is 2.06. The van der Waals surface area contributed by atoms with E-state index in [1.807, 2.05) is 6.92 Å². The summed E-state index contributed by atoms with van der Waals surface area (Å²) in [7, 11) is 0. The number of nitrogens with two attached hydrogens (primary N) is 1. The maximum atomic E-state index is 11.7. The average molecular weight is 267 g/mol. The lowest BCUT2D eigenvalue weighted by molar-refractivity contribution is 0.0931. The SMILES string of the molecule is CCCNc1cncc(C(=O)NCCOC(N)=O)n1. The third-order valence-corrected chi connectivity index (χ3v) is 2.06. The summed E-state index contributed by atoms with van der Waals surface area (Å²) in [5, 5.41) is 5.57. The molecule has 0 unspecified atom stereocenters. The zero-order chi connectivity index (χ0) is 14.1. The van der Waals surface area contributed by atoms with Crippen LogP contribution in [-0.2, 0) is 4.74 Å². The fourth-order valence-corrected chi connectivity index (χ4v) is 1.22. The number of hydrogen-bond acceptors (Lipinski definition) is 6. The van der Waals surface area contributed by atoms with E-state index in [0.717, 1.165) is 13.0 Å². The summed E-state index contributed by atoms with van der Waals surface area (Å²) in [5.74, 6) is 0.156. The number of aromatic nitrogens is 2. The Labute approximate surface area is 110 Å². The van der Waals surface area contributed by atoms with Gasteiger partial charge in [-0.1, -0.05) is 6.92 Å². The van der Waals surface area contributed by atoms with Crippen LogP contribution in [-0.4, -0.2) is 41.7 Å². The van der Waals surface area contributed by atoms with E-state index in [4.69, 9.17) is 5.73 Å². The Balaban J connectivity index is 2.45. The zero-order valence-corrected chi connectivity index (χ0v) is 10.7. The first-order chi connectivity index (χ1) is 9.13. The van der Waals surface area contributed by atoms with Crippen LogP contribution in [0.25, 0.3) is 0 Å². The number of nitrogens with zero attached hydrogens (tertiary/aromatic N) is 2. The van der Waals surface area contributed by atoms with Crippen LogP contribution in [0.1, 0.15) is 23.8 Å². The number of carbonyl (C=O) groups excluding carboxylic acids is 2. The Kier molecular flexibility index (Phi) is 6.07. The summed E-state index contributed by atoms with van der Waals surface area (Å²) in [6.07, 6.45) is 2.98. The first kappa shape index (κ1) is 14.7. The topological polar surface area (TPSA) is 119 Å². The van der Waals surface area contributed by atoms with Crippen molar-refractivity contribution in [1.82, 2.24) is 15.3 Å². The maximum absolute atomic E-state index is 11.7. The number of anilines is 1. The molecule has 0 atom stereocenters. The van der Waals surface area contributed by atoms with Crippen LogP contribution in [0.2, 0.25) is 0 Å². The summed E-state index contributed by atoms with van der Waals surface area (Å²) in [4.78, 5) is 30.0. The van der Waals surface area contributed by atoms with Gasteiger partial charge in [-0.25, -0.2) is 9.78 Å². The molecule has 8 nitrogen and oxygen atoms in total. The van der Waals surface area contributed by atoms with Gasteiger partial charge in [0.25, 0.3) is 5.91 Å². The highest BCUT2D eigenvalue weighted by Crippen LogP contribution is 2.02. The number of hydrogen-bond donors (Lipinski definition) is 3. The van der Waals surface area contributed by atoms with Gasteiger partial charge >= 0.3 is 6.09 Å². The largest absolute Gasteiger partial charge is 0.448 e. The van der Waals surface area contributed by atoms with Gasteiger partial charge in [0.15, 0.2) is 0 Å². The maximum Gasteiger partial charge on any atom is 0.404 e. The lowest BCUT2D eigenvalue weighted by Crippen LogP contribution is -2.29. The van der Waals surface area contributed by atoms with Gasteiger partial charge in [-0.15, -0.1) is 0 Å². The second-order valence-electron chi connectivity index (χ2n) is 3.64. The number of primary amides is 1. The molecule has 2 amide bonds. The summed E-state index contributed by atoms with van der Waals surface area (Å²) in [6, 6.07) is 0. The van der Waals surface area contributed by atoms with E-state index in [0.29, 0.717) is 5.82 Å². The van der Waals surface area contributed by atoms with E-state index in [1.165, 1.54) is 6.20 Å². The van der Waals surface area contributed by atoms with Crippen LogP contribution in [0.4, 0.5) is 10.6 Å². The quantitative estimate of drug-likeness (QED) is 0.604. The molecule has 0 fully saturated rings. The molecule has 1 aromatic heterocycles. The second kappa shape index (κ2) is 7.85. The Hall–Kier alpha value is -2.38. The van der Waals surface area contributed by atoms with Crippen molar-refractivity contribution in [3.8, 4) is 0 Å². The van der Waals surface area contributed by atoms with Crippen molar-refractivity contribution < 1.29 is 14.3 Å². The summed E-state index contributed by atoms with van der Waals surface area (Å²) in [5.41, 5.74) is 4.98. The van der Waals surface area contributed by atoms with Crippen molar-refractivity contribution in [3.63, 3.8) is 0 Å². The Morgan fingerprint density at radius 2 is 2.16 bits per heavy atom. The van der Waals surface area contributed by atoms with Gasteiger partial charge in [-0.3, -0.25) is 9.78 Å². The molecule has 0 aliphatic carbocycles. The number of amides is 2. The molecule has 0 aliphatic heterocycles. The molecule has 1 aromatic rings. The fourth-order valence-electron chi connectivity index (χ4n) is 1.22. The smallest absolute Gasteiger partial charge is 0.404 e. The molecule has 1 heterocycles. The first-order valence-electron chi connectivity index (χ1n) is 5.89. The van der Waals surface area contributed by atoms with E-state index in [2.05, 4.69) is 25.3 Å². The van der Waals surface area contributed by atoms with E-state index in [-0.39, 0.29) is 24.8 Å². The van der Waals surface area contributed by atoms with Crippen molar-refractivity contribution in [2.45, 2.75) is 13.3 Å². The van der Waals surface area contributed by atoms with Crippen molar-refractivity contribution in [2.75, 3.05) is 25.0 Å². The highest BCUT2D eigenvalue weighted by atomic mass is 16.5. The second-order valence-corrected chi connectivity index (χ2v) is 3.64. The average Bonchev–Trinajstić information content (AvgIpc) is 2.41. The molecule has 0 aliphatic rings. The van der Waals surface area contributed by atoms with Gasteiger partial charge in [0.05, 0.1) is 18.9 Å². The van der Waals surface area contributed by atoms with Gasteiger partial charge in [0, 0.05) is 6.54 Å².